The molecule has 0 N–H and O–H groups in total. The van der Waals surface area contributed by atoms with Crippen LogP contribution in [0.25, 0.3) is 99.5 Å². The average molecular weight is 626 g/mol. The van der Waals surface area contributed by atoms with Gasteiger partial charge < -0.3 is 4.42 Å². The fourth-order valence-electron chi connectivity index (χ4n) is 7.23. The summed E-state index contributed by atoms with van der Waals surface area (Å²) in [5, 5.41) is 9.50. The van der Waals surface area contributed by atoms with E-state index in [4.69, 9.17) is 19.4 Å². The van der Waals surface area contributed by atoms with Crippen LogP contribution in [-0.2, 0) is 0 Å². The van der Waals surface area contributed by atoms with Gasteiger partial charge in [-0.1, -0.05) is 140 Å². The smallest absolute Gasteiger partial charge is 0.164 e. The fourth-order valence-corrected chi connectivity index (χ4v) is 7.23. The summed E-state index contributed by atoms with van der Waals surface area (Å²) in [5.41, 5.74) is 6.69. The van der Waals surface area contributed by atoms with Crippen molar-refractivity contribution in [2.45, 2.75) is 0 Å². The summed E-state index contributed by atoms with van der Waals surface area (Å²) in [6.07, 6.45) is 0. The predicted molar refractivity (Wildman–Crippen MR) is 201 cm³/mol. The Morgan fingerprint density at radius 3 is 1.71 bits per heavy atom. The van der Waals surface area contributed by atoms with Crippen LogP contribution in [0.5, 0.6) is 0 Å². The van der Waals surface area contributed by atoms with Crippen molar-refractivity contribution in [2.24, 2.45) is 0 Å². The Labute approximate surface area is 282 Å². The van der Waals surface area contributed by atoms with Crippen LogP contribution in [0.15, 0.2) is 168 Å². The van der Waals surface area contributed by atoms with E-state index in [1.165, 1.54) is 37.9 Å². The molecule has 10 aromatic rings. The average Bonchev–Trinajstić information content (AvgIpc) is 3.56. The zero-order valence-corrected chi connectivity index (χ0v) is 26.3. The summed E-state index contributed by atoms with van der Waals surface area (Å²) in [6, 6.07) is 56.9. The van der Waals surface area contributed by atoms with Gasteiger partial charge in [-0.2, -0.15) is 0 Å². The maximum Gasteiger partial charge on any atom is 0.164 e. The zero-order valence-electron chi connectivity index (χ0n) is 26.3. The first kappa shape index (κ1) is 27.5. The van der Waals surface area contributed by atoms with Gasteiger partial charge in [0.15, 0.2) is 17.5 Å². The molecule has 0 radical (unpaired) electrons. The Bertz CT molecular complexity index is 2820. The maximum atomic E-state index is 6.59. The molecule has 0 saturated heterocycles. The first-order valence-electron chi connectivity index (χ1n) is 16.4. The molecule has 0 aliphatic rings. The topological polar surface area (TPSA) is 51.8 Å². The summed E-state index contributed by atoms with van der Waals surface area (Å²) in [5.74, 6) is 1.87. The largest absolute Gasteiger partial charge is 0.456 e. The van der Waals surface area contributed by atoms with Crippen molar-refractivity contribution in [1.29, 1.82) is 0 Å². The highest BCUT2D eigenvalue weighted by molar-refractivity contribution is 6.23. The van der Waals surface area contributed by atoms with Gasteiger partial charge in [-0.3, -0.25) is 0 Å². The second-order valence-corrected chi connectivity index (χ2v) is 12.4. The minimum absolute atomic E-state index is 0.609. The van der Waals surface area contributed by atoms with Gasteiger partial charge in [0, 0.05) is 27.5 Å². The standard InChI is InChI=1S/C45H27N3O/c1-3-13-29(14-4-1)43-46-44(30-15-5-2-6-16-30)48-45(47-43)37-20-11-21-39-42(37)36-25-24-31(27-40(36)49-39)38-26-32-23-22-28-12-7-8-17-33(28)41(32)35-19-10-9-18-34(35)38/h1-27H. The molecule has 2 aromatic heterocycles. The second-order valence-electron chi connectivity index (χ2n) is 12.4. The van der Waals surface area contributed by atoms with Gasteiger partial charge in [0.1, 0.15) is 11.2 Å². The summed E-state index contributed by atoms with van der Waals surface area (Å²) in [6.45, 7) is 0. The summed E-state index contributed by atoms with van der Waals surface area (Å²) in [7, 11) is 0. The molecule has 2 heterocycles. The molecule has 49 heavy (non-hydrogen) atoms. The normalized spacial score (nSPS) is 11.7. The van der Waals surface area contributed by atoms with Crippen LogP contribution in [-0.4, -0.2) is 15.0 Å². The van der Waals surface area contributed by atoms with E-state index in [2.05, 4.69) is 91.0 Å². The lowest BCUT2D eigenvalue weighted by molar-refractivity contribution is 0.669. The Hall–Kier alpha value is -6.65. The van der Waals surface area contributed by atoms with Gasteiger partial charge in [0.25, 0.3) is 0 Å². The molecule has 0 aliphatic carbocycles. The molecular weight excluding hydrogens is 599 g/mol. The van der Waals surface area contributed by atoms with Crippen LogP contribution in [0.3, 0.4) is 0 Å². The lowest BCUT2D eigenvalue weighted by atomic mass is 9.90. The Morgan fingerprint density at radius 1 is 0.327 bits per heavy atom. The minimum Gasteiger partial charge on any atom is -0.456 e. The highest BCUT2D eigenvalue weighted by atomic mass is 16.3. The third-order valence-corrected chi connectivity index (χ3v) is 9.50. The lowest BCUT2D eigenvalue weighted by Crippen LogP contribution is -2.00. The molecule has 0 bridgehead atoms. The molecule has 0 aliphatic heterocycles. The number of furan rings is 1. The van der Waals surface area contributed by atoms with Crippen molar-refractivity contribution < 1.29 is 4.42 Å². The lowest BCUT2D eigenvalue weighted by Gasteiger charge is -2.13. The first-order valence-corrected chi connectivity index (χ1v) is 16.4. The van der Waals surface area contributed by atoms with Crippen LogP contribution in [0.1, 0.15) is 0 Å². The van der Waals surface area contributed by atoms with E-state index in [-0.39, 0.29) is 0 Å². The first-order chi connectivity index (χ1) is 24.3. The molecule has 10 rings (SSSR count). The quantitative estimate of drug-likeness (QED) is 0.183. The number of hydrogen-bond donors (Lipinski definition) is 0. The van der Waals surface area contributed by atoms with Crippen molar-refractivity contribution >= 4 is 54.3 Å². The van der Waals surface area contributed by atoms with E-state index < -0.39 is 0 Å². The molecule has 0 unspecified atom stereocenters. The minimum atomic E-state index is 0.609. The fraction of sp³-hybridized carbons (Fsp3) is 0. The third kappa shape index (κ3) is 4.49. The predicted octanol–water partition coefficient (Wildman–Crippen LogP) is 11.9. The van der Waals surface area contributed by atoms with Gasteiger partial charge in [-0.15, -0.1) is 0 Å². The van der Waals surface area contributed by atoms with Crippen molar-refractivity contribution in [3.8, 4) is 45.3 Å². The molecule has 0 atom stereocenters. The number of fused-ring (bicyclic) bond motifs is 8. The molecule has 8 aromatic carbocycles. The van der Waals surface area contributed by atoms with Crippen molar-refractivity contribution in [1.82, 2.24) is 15.0 Å². The number of benzene rings is 8. The van der Waals surface area contributed by atoms with E-state index in [0.717, 1.165) is 44.2 Å². The number of aromatic nitrogens is 3. The van der Waals surface area contributed by atoms with Crippen molar-refractivity contribution in [2.75, 3.05) is 0 Å². The summed E-state index contributed by atoms with van der Waals surface area (Å²) < 4.78 is 6.59. The molecule has 0 fully saturated rings. The number of hydrogen-bond acceptors (Lipinski definition) is 4. The third-order valence-electron chi connectivity index (χ3n) is 9.50. The molecule has 4 nitrogen and oxygen atoms in total. The highest BCUT2D eigenvalue weighted by Crippen LogP contribution is 2.42. The van der Waals surface area contributed by atoms with Gasteiger partial charge in [0.05, 0.1) is 0 Å². The van der Waals surface area contributed by atoms with E-state index in [0.29, 0.717) is 17.5 Å². The molecule has 228 valence electrons. The van der Waals surface area contributed by atoms with Crippen molar-refractivity contribution in [3.63, 3.8) is 0 Å². The summed E-state index contributed by atoms with van der Waals surface area (Å²) >= 11 is 0. The van der Waals surface area contributed by atoms with Gasteiger partial charge >= 0.3 is 0 Å². The second kappa shape index (κ2) is 11.0. The van der Waals surface area contributed by atoms with Gasteiger partial charge in [-0.25, -0.2) is 15.0 Å². The van der Waals surface area contributed by atoms with Crippen LogP contribution in [0.4, 0.5) is 0 Å². The van der Waals surface area contributed by atoms with Gasteiger partial charge in [-0.05, 0) is 67.7 Å². The van der Waals surface area contributed by atoms with Crippen LogP contribution in [0, 0.1) is 0 Å². The van der Waals surface area contributed by atoms with E-state index in [1.807, 2.05) is 72.8 Å². The van der Waals surface area contributed by atoms with Crippen LogP contribution < -0.4 is 0 Å². The van der Waals surface area contributed by atoms with Gasteiger partial charge in [0.2, 0.25) is 0 Å². The summed E-state index contributed by atoms with van der Waals surface area (Å²) in [4.78, 5) is 14.9. The maximum absolute atomic E-state index is 6.59. The molecule has 0 saturated carbocycles. The Kier molecular flexibility index (Phi) is 6.15. The van der Waals surface area contributed by atoms with E-state index >= 15 is 0 Å². The number of nitrogens with zero attached hydrogens (tertiary/aromatic N) is 3. The monoisotopic (exact) mass is 625 g/mol. The molecular formula is C45H27N3O. The van der Waals surface area contributed by atoms with Crippen molar-refractivity contribution in [3.05, 3.63) is 164 Å². The highest BCUT2D eigenvalue weighted by Gasteiger charge is 2.19. The SMILES string of the molecule is c1ccc(-c2nc(-c3ccccc3)nc(-c3cccc4oc5cc(-c6cc7ccc8ccccc8c7c7ccccc67)ccc5c34)n2)cc1. The molecule has 4 heteroatoms. The van der Waals surface area contributed by atoms with Crippen LogP contribution in [0.2, 0.25) is 0 Å². The molecule has 0 spiro atoms. The van der Waals surface area contributed by atoms with Crippen LogP contribution >= 0.6 is 0 Å². The Morgan fingerprint density at radius 2 is 0.959 bits per heavy atom. The zero-order chi connectivity index (χ0) is 32.3. The van der Waals surface area contributed by atoms with E-state index in [1.54, 1.807) is 0 Å². The molecule has 0 amide bonds. The Balaban J connectivity index is 1.17. The number of rotatable bonds is 4. The van der Waals surface area contributed by atoms with E-state index in [9.17, 15) is 0 Å².